The summed E-state index contributed by atoms with van der Waals surface area (Å²) in [5.74, 6) is 0. The highest BCUT2D eigenvalue weighted by Gasteiger charge is 2.39. The zero-order valence-electron chi connectivity index (χ0n) is 5.65. The molecule has 0 aromatic rings. The monoisotopic (exact) mass is 230 g/mol. The van der Waals surface area contributed by atoms with E-state index in [-0.39, 0.29) is 0 Å². The molecule has 0 aromatic heterocycles. The second kappa shape index (κ2) is 3.33. The maximum atomic E-state index is 11.4. The maximum Gasteiger partial charge on any atom is 0.480 e. The second-order valence-corrected chi connectivity index (χ2v) is 3.49. The molecule has 0 aliphatic rings. The Morgan fingerprint density at radius 3 is 1.62 bits per heavy atom. The maximum absolute atomic E-state index is 11.4. The van der Waals surface area contributed by atoms with E-state index < -0.39 is 28.3 Å². The van der Waals surface area contributed by atoms with Crippen LogP contribution >= 0.6 is 0 Å². The smallest absolute Gasteiger partial charge is 0.480 e. The zero-order valence-corrected chi connectivity index (χ0v) is 6.46. The Labute approximate surface area is 68.8 Å². The van der Waals surface area contributed by atoms with Crippen molar-refractivity contribution >= 4 is 10.0 Å². The molecule has 0 saturated heterocycles. The van der Waals surface area contributed by atoms with Crippen molar-refractivity contribution in [3.05, 3.63) is 4.72 Å². The lowest BCUT2D eigenvalue weighted by atomic mass is 10.7. The number of hydrogen-bond donors (Lipinski definition) is 0. The number of hydrogen-bond acceptors (Lipinski definition) is 2. The van der Waals surface area contributed by atoms with Crippen molar-refractivity contribution < 1.29 is 34.8 Å². The Morgan fingerprint density at radius 1 is 1.00 bits per heavy atom. The van der Waals surface area contributed by atoms with Crippen LogP contribution in [0.25, 0.3) is 4.72 Å². The number of sulfonamides is 1. The average Bonchev–Trinajstić information content (AvgIpc) is 1.79. The lowest BCUT2D eigenvalue weighted by molar-refractivity contribution is -0.113. The Bertz CT molecular complexity index is 263. The minimum atomic E-state index is -6.03. The predicted octanol–water partition coefficient (Wildman–Crippen LogP) is 1.77. The molecule has 0 N–H and O–H groups in total. The molecule has 0 aromatic carbocycles. The normalized spacial score (nSPS) is 14.6. The summed E-state index contributed by atoms with van der Waals surface area (Å²) < 4.78 is 89.2. The third-order valence-electron chi connectivity index (χ3n) is 0.706. The fourth-order valence-corrected chi connectivity index (χ4v) is 0.694. The van der Waals surface area contributed by atoms with Crippen molar-refractivity contribution in [1.29, 1.82) is 0 Å². The first kappa shape index (κ1) is 12.5. The summed E-state index contributed by atoms with van der Waals surface area (Å²) in [4.78, 5) is 0. The van der Waals surface area contributed by atoms with E-state index in [9.17, 15) is 34.8 Å². The number of alkyl halides is 6. The van der Waals surface area contributed by atoms with Crippen molar-refractivity contribution in [2.24, 2.45) is 0 Å². The van der Waals surface area contributed by atoms with Crippen LogP contribution < -0.4 is 0 Å². The molecule has 0 aliphatic carbocycles. The molecule has 0 aliphatic heterocycles. The topological polar surface area (TPSA) is 48.2 Å². The van der Waals surface area contributed by atoms with Gasteiger partial charge in [0.15, 0.2) is 10.0 Å². The molecule has 0 amide bonds. The van der Waals surface area contributed by atoms with Crippen LogP contribution in [0, 0.1) is 0 Å². The van der Waals surface area contributed by atoms with Gasteiger partial charge in [0.25, 0.3) is 0 Å². The largest absolute Gasteiger partial charge is 0.534 e. The summed E-state index contributed by atoms with van der Waals surface area (Å²) in [6.45, 7) is -2.37. The molecule has 0 bridgehead atoms. The first-order chi connectivity index (χ1) is 5.46. The fourth-order valence-electron chi connectivity index (χ4n) is 0.231. The molecule has 13 heavy (non-hydrogen) atoms. The number of nitrogens with zero attached hydrogens (tertiary/aromatic N) is 1. The molecule has 3 nitrogen and oxygen atoms in total. The molecular weight excluding hydrogens is 228 g/mol. The van der Waals surface area contributed by atoms with E-state index >= 15 is 0 Å². The van der Waals surface area contributed by atoms with E-state index in [4.69, 9.17) is 0 Å². The molecule has 0 spiro atoms. The molecule has 0 fully saturated rings. The highest BCUT2D eigenvalue weighted by atomic mass is 32.2. The van der Waals surface area contributed by atoms with Gasteiger partial charge in [0.1, 0.15) is 0 Å². The molecule has 10 heteroatoms. The lowest BCUT2D eigenvalue weighted by Crippen LogP contribution is -2.25. The van der Waals surface area contributed by atoms with Crippen LogP contribution in [0.5, 0.6) is 0 Å². The molecule has 0 saturated carbocycles. The van der Waals surface area contributed by atoms with Crippen LogP contribution in [0.1, 0.15) is 0 Å². The van der Waals surface area contributed by atoms with Gasteiger partial charge in [-0.2, -0.15) is 26.3 Å². The minimum Gasteiger partial charge on any atom is -0.534 e. The standard InChI is InChI=1S/C3H2F6NO2S/c4-2(5,6)1-10-13(11,12)3(7,8)9/h1H2/q-1. The Balaban J connectivity index is 4.40. The lowest BCUT2D eigenvalue weighted by Gasteiger charge is -2.22. The summed E-state index contributed by atoms with van der Waals surface area (Å²) in [7, 11) is -6.03. The first-order valence-electron chi connectivity index (χ1n) is 2.52. The van der Waals surface area contributed by atoms with E-state index in [1.165, 1.54) is 4.72 Å². The van der Waals surface area contributed by atoms with Gasteiger partial charge in [-0.05, 0) is 6.54 Å². The van der Waals surface area contributed by atoms with Gasteiger partial charge in [-0.25, -0.2) is 8.42 Å². The Kier molecular flexibility index (Phi) is 3.20. The van der Waals surface area contributed by atoms with Gasteiger partial charge in [-0.3, -0.25) is 0 Å². The highest BCUT2D eigenvalue weighted by molar-refractivity contribution is 7.94. The van der Waals surface area contributed by atoms with Gasteiger partial charge in [0.05, 0.1) is 0 Å². The number of rotatable bonds is 2. The van der Waals surface area contributed by atoms with Gasteiger partial charge in [0.2, 0.25) is 0 Å². The van der Waals surface area contributed by atoms with Gasteiger partial charge in [-0.15, -0.1) is 0 Å². The molecule has 80 valence electrons. The van der Waals surface area contributed by atoms with Crippen molar-refractivity contribution in [2.75, 3.05) is 6.54 Å². The highest BCUT2D eigenvalue weighted by Crippen LogP contribution is 2.30. The van der Waals surface area contributed by atoms with Gasteiger partial charge < -0.3 is 4.72 Å². The zero-order chi connectivity index (χ0) is 10.9. The Hall–Kier alpha value is -0.510. The summed E-state index contributed by atoms with van der Waals surface area (Å²) in [5, 5.41) is 0. The molecule has 0 atom stereocenters. The average molecular weight is 230 g/mol. The van der Waals surface area contributed by atoms with Crippen molar-refractivity contribution in [3.63, 3.8) is 0 Å². The van der Waals surface area contributed by atoms with Crippen LogP contribution in [0.15, 0.2) is 0 Å². The fraction of sp³-hybridized carbons (Fsp3) is 1.00. The minimum absolute atomic E-state index is 1.52. The summed E-state index contributed by atoms with van der Waals surface area (Å²) in [6, 6.07) is 0. The van der Waals surface area contributed by atoms with E-state index in [2.05, 4.69) is 0 Å². The van der Waals surface area contributed by atoms with E-state index in [0.29, 0.717) is 0 Å². The van der Waals surface area contributed by atoms with Gasteiger partial charge in [-0.1, -0.05) is 0 Å². The van der Waals surface area contributed by atoms with Gasteiger partial charge in [0, 0.05) is 0 Å². The van der Waals surface area contributed by atoms with Crippen LogP contribution in [0.2, 0.25) is 0 Å². The van der Waals surface area contributed by atoms with Crippen LogP contribution in [-0.2, 0) is 10.0 Å². The summed E-state index contributed by atoms with van der Waals surface area (Å²) in [6.07, 6.45) is -5.07. The molecule has 0 rings (SSSR count). The first-order valence-corrected chi connectivity index (χ1v) is 3.96. The van der Waals surface area contributed by atoms with E-state index in [1.807, 2.05) is 0 Å². The van der Waals surface area contributed by atoms with Crippen LogP contribution in [-0.4, -0.2) is 26.6 Å². The van der Waals surface area contributed by atoms with Gasteiger partial charge >= 0.3 is 11.7 Å². The van der Waals surface area contributed by atoms with Crippen LogP contribution in [0.3, 0.4) is 0 Å². The second-order valence-electron chi connectivity index (χ2n) is 1.82. The summed E-state index contributed by atoms with van der Waals surface area (Å²) >= 11 is 0. The van der Waals surface area contributed by atoms with Crippen molar-refractivity contribution in [1.82, 2.24) is 0 Å². The third-order valence-corrected chi connectivity index (χ3v) is 1.76. The molecular formula is C3H2F6NO2S-. The number of halogens is 6. The van der Waals surface area contributed by atoms with Crippen molar-refractivity contribution in [3.8, 4) is 0 Å². The third kappa shape index (κ3) is 4.31. The van der Waals surface area contributed by atoms with E-state index in [0.717, 1.165) is 0 Å². The quantitative estimate of drug-likeness (QED) is 0.678. The molecule has 0 heterocycles. The van der Waals surface area contributed by atoms with Crippen molar-refractivity contribution in [2.45, 2.75) is 11.7 Å². The van der Waals surface area contributed by atoms with Crippen LogP contribution in [0.4, 0.5) is 26.3 Å². The Morgan fingerprint density at radius 2 is 1.38 bits per heavy atom. The molecule has 0 radical (unpaired) electrons. The molecule has 0 unspecified atom stereocenters. The SMILES string of the molecule is O=S(=O)([N-]CC(F)(F)F)C(F)(F)F. The van der Waals surface area contributed by atoms with E-state index in [1.54, 1.807) is 0 Å². The summed E-state index contributed by atoms with van der Waals surface area (Å²) in [5.41, 5.74) is -5.78. The predicted molar refractivity (Wildman–Crippen MR) is 29.3 cm³/mol.